The molecule has 8 heteroatoms. The second-order valence-electron chi connectivity index (χ2n) is 7.83. The number of carbonyl (C=O) groups excluding carboxylic acids is 1. The maximum Gasteiger partial charge on any atom is 0.241 e. The van der Waals surface area contributed by atoms with Gasteiger partial charge in [0.05, 0.1) is 10.9 Å². The first-order chi connectivity index (χ1) is 14.3. The predicted molar refractivity (Wildman–Crippen MR) is 120 cm³/mol. The highest BCUT2D eigenvalue weighted by atomic mass is 32.2. The van der Waals surface area contributed by atoms with Crippen molar-refractivity contribution in [3.63, 3.8) is 0 Å². The molecule has 1 aliphatic heterocycles. The first-order valence-corrected chi connectivity index (χ1v) is 11.8. The average molecular weight is 431 g/mol. The summed E-state index contributed by atoms with van der Waals surface area (Å²) in [7, 11) is -1.91. The molecule has 0 aliphatic carbocycles. The van der Waals surface area contributed by atoms with E-state index in [1.807, 2.05) is 24.9 Å². The maximum atomic E-state index is 12.7. The molecule has 1 atom stereocenters. The van der Waals surface area contributed by atoms with E-state index >= 15 is 0 Å². The van der Waals surface area contributed by atoms with Crippen LogP contribution in [0.2, 0.25) is 0 Å². The number of primary sulfonamides is 1. The van der Waals surface area contributed by atoms with Crippen LogP contribution in [0.1, 0.15) is 31.7 Å². The molecule has 3 N–H and O–H groups in total. The molecule has 0 radical (unpaired) electrons. The van der Waals surface area contributed by atoms with Gasteiger partial charge in [-0.3, -0.25) is 9.69 Å². The van der Waals surface area contributed by atoms with Gasteiger partial charge < -0.3 is 10.2 Å². The van der Waals surface area contributed by atoms with Crippen LogP contribution >= 0.6 is 0 Å². The molecule has 1 fully saturated rings. The van der Waals surface area contributed by atoms with Crippen molar-refractivity contribution in [3.8, 4) is 0 Å². The monoisotopic (exact) mass is 430 g/mol. The fourth-order valence-corrected chi connectivity index (χ4v) is 4.25. The second kappa shape index (κ2) is 9.59. The highest BCUT2D eigenvalue weighted by Gasteiger charge is 2.21. The van der Waals surface area contributed by atoms with Crippen molar-refractivity contribution < 1.29 is 13.2 Å². The van der Waals surface area contributed by atoms with Gasteiger partial charge in [-0.1, -0.05) is 24.3 Å². The van der Waals surface area contributed by atoms with E-state index in [1.165, 1.54) is 42.6 Å². The number of carbonyl (C=O) groups is 1. The molecule has 1 heterocycles. The summed E-state index contributed by atoms with van der Waals surface area (Å²) in [5, 5.41) is 7.96. The van der Waals surface area contributed by atoms with Crippen molar-refractivity contribution >= 4 is 27.3 Å². The molecule has 2 aromatic rings. The molecule has 0 bridgehead atoms. The molecular weight excluding hydrogens is 400 g/mol. The lowest BCUT2D eigenvalue weighted by molar-refractivity contribution is -0.120. The van der Waals surface area contributed by atoms with Gasteiger partial charge in [-0.25, -0.2) is 13.6 Å². The van der Waals surface area contributed by atoms with Crippen LogP contribution in [0.25, 0.3) is 0 Å². The van der Waals surface area contributed by atoms with Crippen LogP contribution in [0.5, 0.6) is 0 Å². The van der Waals surface area contributed by atoms with E-state index in [9.17, 15) is 13.2 Å². The van der Waals surface area contributed by atoms with Crippen molar-refractivity contribution in [3.05, 3.63) is 54.1 Å². The summed E-state index contributed by atoms with van der Waals surface area (Å²) in [5.74, 6) is -0.209. The number of likely N-dealkylation sites (N-methyl/N-ethyl adjacent to an activating group) is 1. The third kappa shape index (κ3) is 5.59. The number of rotatable bonds is 7. The van der Waals surface area contributed by atoms with E-state index in [2.05, 4.69) is 28.4 Å². The van der Waals surface area contributed by atoms with Crippen molar-refractivity contribution in [2.45, 2.75) is 43.7 Å². The summed E-state index contributed by atoms with van der Waals surface area (Å²) in [5.41, 5.74) is 2.83. The highest BCUT2D eigenvalue weighted by molar-refractivity contribution is 7.89. The Morgan fingerprint density at radius 2 is 1.83 bits per heavy atom. The Hall–Kier alpha value is -2.42. The van der Waals surface area contributed by atoms with E-state index < -0.39 is 16.1 Å². The number of benzene rings is 2. The first-order valence-electron chi connectivity index (χ1n) is 10.2. The second-order valence-corrected chi connectivity index (χ2v) is 9.39. The molecule has 1 amide bonds. The van der Waals surface area contributed by atoms with E-state index in [4.69, 9.17) is 5.14 Å². The molecule has 0 aromatic heterocycles. The average Bonchev–Trinajstić information content (AvgIpc) is 2.73. The molecule has 30 heavy (non-hydrogen) atoms. The number of nitrogens with zero attached hydrogens (tertiary/aromatic N) is 2. The summed E-state index contributed by atoms with van der Waals surface area (Å²) in [6, 6.07) is 13.9. The van der Waals surface area contributed by atoms with Crippen LogP contribution in [-0.4, -0.2) is 45.4 Å². The number of para-hydroxylation sites is 1. The van der Waals surface area contributed by atoms with Gasteiger partial charge in [-0.2, -0.15) is 0 Å². The van der Waals surface area contributed by atoms with Gasteiger partial charge >= 0.3 is 0 Å². The van der Waals surface area contributed by atoms with E-state index in [0.29, 0.717) is 12.2 Å². The molecule has 1 aliphatic rings. The minimum Gasteiger partial charge on any atom is -0.371 e. The number of amides is 1. The van der Waals surface area contributed by atoms with Crippen LogP contribution in [0.3, 0.4) is 0 Å². The molecule has 1 saturated heterocycles. The van der Waals surface area contributed by atoms with Crippen LogP contribution in [0, 0.1) is 0 Å². The lowest BCUT2D eigenvalue weighted by Crippen LogP contribution is -2.39. The van der Waals surface area contributed by atoms with Crippen LogP contribution in [0.4, 0.5) is 11.4 Å². The summed E-state index contributed by atoms with van der Waals surface area (Å²) in [6.45, 7) is 4.61. The Morgan fingerprint density at radius 1 is 1.13 bits per heavy atom. The Labute approximate surface area is 178 Å². The molecule has 7 nitrogen and oxygen atoms in total. The highest BCUT2D eigenvalue weighted by Crippen LogP contribution is 2.25. The SMILES string of the molecule is CC(C(=O)Nc1cccc(S(N)(=O)=O)c1)N(C)Cc1ccccc1N1CCCCC1. The Bertz CT molecular complexity index is 987. The topological polar surface area (TPSA) is 95.7 Å². The molecule has 3 rings (SSSR count). The Kier molecular flexibility index (Phi) is 7.12. The predicted octanol–water partition coefficient (Wildman–Crippen LogP) is 2.78. The summed E-state index contributed by atoms with van der Waals surface area (Å²) < 4.78 is 23.1. The normalized spacial score (nSPS) is 15.8. The first kappa shape index (κ1) is 22.3. The Balaban J connectivity index is 1.68. The summed E-state index contributed by atoms with van der Waals surface area (Å²) in [6.07, 6.45) is 3.70. The van der Waals surface area contributed by atoms with Crippen molar-refractivity contribution in [2.75, 3.05) is 30.4 Å². The van der Waals surface area contributed by atoms with Gasteiger partial charge in [0.15, 0.2) is 0 Å². The van der Waals surface area contributed by atoms with Crippen molar-refractivity contribution in [2.24, 2.45) is 5.14 Å². The van der Waals surface area contributed by atoms with E-state index in [0.717, 1.165) is 13.1 Å². The van der Waals surface area contributed by atoms with Crippen molar-refractivity contribution in [1.82, 2.24) is 4.90 Å². The third-order valence-electron chi connectivity index (χ3n) is 5.58. The Morgan fingerprint density at radius 3 is 2.53 bits per heavy atom. The molecule has 162 valence electrons. The summed E-state index contributed by atoms with van der Waals surface area (Å²) in [4.78, 5) is 17.1. The van der Waals surface area contributed by atoms with E-state index in [-0.39, 0.29) is 10.8 Å². The van der Waals surface area contributed by atoms with Crippen molar-refractivity contribution in [1.29, 1.82) is 0 Å². The maximum absolute atomic E-state index is 12.7. The molecule has 1 unspecified atom stereocenters. The quantitative estimate of drug-likeness (QED) is 0.704. The van der Waals surface area contributed by atoms with Gasteiger partial charge in [-0.05, 0) is 63.1 Å². The number of sulfonamides is 1. The fraction of sp³-hybridized carbons (Fsp3) is 0.409. The van der Waals surface area contributed by atoms with Gasteiger partial charge in [-0.15, -0.1) is 0 Å². The van der Waals surface area contributed by atoms with Gasteiger partial charge in [0.2, 0.25) is 15.9 Å². The number of hydrogen-bond acceptors (Lipinski definition) is 5. The molecule has 0 spiro atoms. The molecule has 2 aromatic carbocycles. The lowest BCUT2D eigenvalue weighted by Gasteiger charge is -2.32. The third-order valence-corrected chi connectivity index (χ3v) is 6.49. The van der Waals surface area contributed by atoms with Crippen LogP contribution in [0.15, 0.2) is 53.4 Å². The zero-order valence-electron chi connectivity index (χ0n) is 17.5. The molecular formula is C22H30N4O3S. The zero-order valence-corrected chi connectivity index (χ0v) is 18.4. The smallest absolute Gasteiger partial charge is 0.241 e. The number of hydrogen-bond donors (Lipinski definition) is 2. The van der Waals surface area contributed by atoms with Gasteiger partial charge in [0.1, 0.15) is 0 Å². The van der Waals surface area contributed by atoms with E-state index in [1.54, 1.807) is 12.1 Å². The number of nitrogens with two attached hydrogens (primary N) is 1. The molecule has 0 saturated carbocycles. The number of anilines is 2. The van der Waals surface area contributed by atoms with Crippen LogP contribution < -0.4 is 15.4 Å². The zero-order chi connectivity index (χ0) is 21.7. The number of nitrogens with one attached hydrogen (secondary N) is 1. The largest absolute Gasteiger partial charge is 0.371 e. The summed E-state index contributed by atoms with van der Waals surface area (Å²) >= 11 is 0. The minimum atomic E-state index is -3.82. The fourth-order valence-electron chi connectivity index (χ4n) is 3.69. The van der Waals surface area contributed by atoms with Crippen LogP contribution in [-0.2, 0) is 21.4 Å². The standard InChI is InChI=1S/C22H30N4O3S/c1-17(22(27)24-19-10-8-11-20(15-19)30(23,28)29)25(2)16-18-9-4-5-12-21(18)26-13-6-3-7-14-26/h4-5,8-12,15,17H,3,6-7,13-14,16H2,1-2H3,(H,24,27)(H2,23,28,29). The van der Waals surface area contributed by atoms with Gasteiger partial charge in [0, 0.05) is 31.0 Å². The van der Waals surface area contributed by atoms with Gasteiger partial charge in [0.25, 0.3) is 0 Å². The lowest BCUT2D eigenvalue weighted by atomic mass is 10.1. The minimum absolute atomic E-state index is 0.0308. The number of piperidine rings is 1.